The average Bonchev–Trinajstić information content (AvgIpc) is 2.73. The molecule has 0 aromatic heterocycles. The number of rotatable bonds is 4. The average molecular weight is 399 g/mol. The molecule has 0 atom stereocenters. The molecular weight excluding hydrogens is 374 g/mol. The molecule has 2 fully saturated rings. The Hall–Kier alpha value is -2.04. The molecule has 0 N–H and O–H groups in total. The first kappa shape index (κ1) is 19.7. The summed E-state index contributed by atoms with van der Waals surface area (Å²) in [6, 6.07) is 4.62. The summed E-state index contributed by atoms with van der Waals surface area (Å²) in [7, 11) is -0.844. The number of ether oxygens (including phenoxy) is 3. The van der Waals surface area contributed by atoms with Crippen LogP contribution in [0.25, 0.3) is 0 Å². The smallest absolute Gasteiger partial charge is 0.320 e. The van der Waals surface area contributed by atoms with Crippen LogP contribution in [0.15, 0.2) is 23.1 Å². The molecule has 150 valence electrons. The Morgan fingerprint density at radius 3 is 2.19 bits per heavy atom. The molecule has 3 rings (SSSR count). The third-order valence-corrected chi connectivity index (χ3v) is 6.70. The Labute approximate surface area is 159 Å². The Morgan fingerprint density at radius 1 is 0.963 bits per heavy atom. The zero-order chi connectivity index (χ0) is 19.4. The Bertz CT molecular complexity index is 771. The number of amides is 2. The number of urea groups is 1. The van der Waals surface area contributed by atoms with E-state index in [-0.39, 0.29) is 29.8 Å². The summed E-state index contributed by atoms with van der Waals surface area (Å²) in [5.74, 6) is 0.707. The second-order valence-corrected chi connectivity index (χ2v) is 8.20. The van der Waals surface area contributed by atoms with Crippen LogP contribution >= 0.6 is 0 Å². The molecule has 2 heterocycles. The summed E-state index contributed by atoms with van der Waals surface area (Å²) in [4.78, 5) is 16.1. The van der Waals surface area contributed by atoms with E-state index in [0.29, 0.717) is 45.1 Å². The Morgan fingerprint density at radius 2 is 1.59 bits per heavy atom. The number of carbonyl (C=O) groups excluding carboxylic acids is 1. The lowest BCUT2D eigenvalue weighted by molar-refractivity contribution is 0.0405. The molecule has 0 unspecified atom stereocenters. The van der Waals surface area contributed by atoms with E-state index < -0.39 is 10.0 Å². The second-order valence-electron chi connectivity index (χ2n) is 6.29. The van der Waals surface area contributed by atoms with E-state index in [2.05, 4.69) is 0 Å². The fourth-order valence-corrected chi connectivity index (χ4v) is 4.79. The van der Waals surface area contributed by atoms with Crippen LogP contribution in [0.4, 0.5) is 4.79 Å². The zero-order valence-corrected chi connectivity index (χ0v) is 16.4. The topological polar surface area (TPSA) is 88.6 Å². The predicted octanol–water partition coefficient (Wildman–Crippen LogP) is 0.462. The fourth-order valence-electron chi connectivity index (χ4n) is 3.20. The van der Waals surface area contributed by atoms with Gasteiger partial charge in [-0.2, -0.15) is 4.31 Å². The van der Waals surface area contributed by atoms with Crippen molar-refractivity contribution in [2.24, 2.45) is 0 Å². The number of methoxy groups -OCH3 is 2. The summed E-state index contributed by atoms with van der Waals surface area (Å²) in [5.41, 5.74) is 0. The first-order valence-electron chi connectivity index (χ1n) is 8.81. The highest BCUT2D eigenvalue weighted by Gasteiger charge is 2.33. The maximum absolute atomic E-state index is 13.1. The number of hydrogen-bond acceptors (Lipinski definition) is 6. The first-order valence-corrected chi connectivity index (χ1v) is 10.2. The minimum atomic E-state index is -3.75. The molecule has 10 heteroatoms. The van der Waals surface area contributed by atoms with Crippen LogP contribution < -0.4 is 9.47 Å². The van der Waals surface area contributed by atoms with Crippen molar-refractivity contribution in [3.05, 3.63) is 18.2 Å². The van der Waals surface area contributed by atoms with Gasteiger partial charge in [0.15, 0.2) is 0 Å². The number of morpholine rings is 1. The van der Waals surface area contributed by atoms with Crippen molar-refractivity contribution in [3.8, 4) is 11.5 Å². The largest absolute Gasteiger partial charge is 0.497 e. The van der Waals surface area contributed by atoms with Gasteiger partial charge in [-0.1, -0.05) is 0 Å². The maximum atomic E-state index is 13.1. The van der Waals surface area contributed by atoms with Crippen molar-refractivity contribution in [2.75, 3.05) is 66.7 Å². The third-order valence-electron chi connectivity index (χ3n) is 4.78. The minimum absolute atomic E-state index is 0.0608. The van der Waals surface area contributed by atoms with Crippen LogP contribution in [-0.4, -0.2) is 95.3 Å². The molecule has 27 heavy (non-hydrogen) atoms. The van der Waals surface area contributed by atoms with Gasteiger partial charge in [0, 0.05) is 45.3 Å². The standard InChI is InChI=1S/C17H25N3O6S/c1-24-14-3-4-15(25-2)16(13-14)27(22,23)20-7-5-18(6-8-20)17(21)19-9-11-26-12-10-19/h3-4,13H,5-12H2,1-2H3. The zero-order valence-electron chi connectivity index (χ0n) is 15.6. The maximum Gasteiger partial charge on any atom is 0.320 e. The molecule has 2 aliphatic heterocycles. The van der Waals surface area contributed by atoms with Crippen molar-refractivity contribution in [1.82, 2.24) is 14.1 Å². The first-order chi connectivity index (χ1) is 13.0. The summed E-state index contributed by atoms with van der Waals surface area (Å²) < 4.78 is 43.2. The van der Waals surface area contributed by atoms with Crippen LogP contribution in [0.2, 0.25) is 0 Å². The monoisotopic (exact) mass is 399 g/mol. The highest BCUT2D eigenvalue weighted by atomic mass is 32.2. The number of hydrogen-bond donors (Lipinski definition) is 0. The molecule has 0 spiro atoms. The van der Waals surface area contributed by atoms with Gasteiger partial charge >= 0.3 is 6.03 Å². The molecule has 2 saturated heterocycles. The molecule has 0 bridgehead atoms. The highest BCUT2D eigenvalue weighted by Crippen LogP contribution is 2.31. The molecule has 9 nitrogen and oxygen atoms in total. The lowest BCUT2D eigenvalue weighted by Gasteiger charge is -2.38. The van der Waals surface area contributed by atoms with Crippen molar-refractivity contribution < 1.29 is 27.4 Å². The lowest BCUT2D eigenvalue weighted by Crippen LogP contribution is -2.55. The quantitative estimate of drug-likeness (QED) is 0.731. The van der Waals surface area contributed by atoms with E-state index in [0.717, 1.165) is 0 Å². The molecule has 0 radical (unpaired) electrons. The van der Waals surface area contributed by atoms with Crippen molar-refractivity contribution in [2.45, 2.75) is 4.90 Å². The number of nitrogens with zero attached hydrogens (tertiary/aromatic N) is 3. The molecule has 0 saturated carbocycles. The summed E-state index contributed by atoms with van der Waals surface area (Å²) >= 11 is 0. The van der Waals surface area contributed by atoms with Gasteiger partial charge in [-0.25, -0.2) is 13.2 Å². The van der Waals surface area contributed by atoms with Crippen molar-refractivity contribution in [3.63, 3.8) is 0 Å². The summed E-state index contributed by atoms with van der Waals surface area (Å²) in [5, 5.41) is 0. The number of benzene rings is 1. The molecule has 2 amide bonds. The van der Waals surface area contributed by atoms with E-state index in [9.17, 15) is 13.2 Å². The molecular formula is C17H25N3O6S. The number of sulfonamides is 1. The molecule has 2 aliphatic rings. The van der Waals surface area contributed by atoms with Gasteiger partial charge in [-0.3, -0.25) is 0 Å². The van der Waals surface area contributed by atoms with E-state index in [1.807, 2.05) is 0 Å². The third kappa shape index (κ3) is 4.12. The van der Waals surface area contributed by atoms with Crippen LogP contribution in [0.5, 0.6) is 11.5 Å². The van der Waals surface area contributed by atoms with Crippen LogP contribution in [0, 0.1) is 0 Å². The van der Waals surface area contributed by atoms with Gasteiger partial charge in [0.2, 0.25) is 10.0 Å². The summed E-state index contributed by atoms with van der Waals surface area (Å²) in [6.45, 7) is 3.38. The molecule has 1 aromatic rings. The fraction of sp³-hybridized carbons (Fsp3) is 0.588. The van der Waals surface area contributed by atoms with E-state index in [1.165, 1.54) is 24.6 Å². The SMILES string of the molecule is COc1ccc(OC)c(S(=O)(=O)N2CCN(C(=O)N3CCOCC3)CC2)c1. The molecule has 0 aliphatic carbocycles. The minimum Gasteiger partial charge on any atom is -0.497 e. The van der Waals surface area contributed by atoms with E-state index in [4.69, 9.17) is 14.2 Å². The van der Waals surface area contributed by atoms with Gasteiger partial charge in [-0.15, -0.1) is 0 Å². The predicted molar refractivity (Wildman–Crippen MR) is 97.7 cm³/mol. The highest BCUT2D eigenvalue weighted by molar-refractivity contribution is 7.89. The van der Waals surface area contributed by atoms with Crippen LogP contribution in [0.3, 0.4) is 0 Å². The van der Waals surface area contributed by atoms with Gasteiger partial charge in [0.25, 0.3) is 0 Å². The van der Waals surface area contributed by atoms with Gasteiger partial charge in [0.1, 0.15) is 16.4 Å². The van der Waals surface area contributed by atoms with Gasteiger partial charge in [0.05, 0.1) is 27.4 Å². The Balaban J connectivity index is 1.70. The number of carbonyl (C=O) groups is 1. The van der Waals surface area contributed by atoms with Crippen molar-refractivity contribution >= 4 is 16.1 Å². The summed E-state index contributed by atoms with van der Waals surface area (Å²) in [6.07, 6.45) is 0. The lowest BCUT2D eigenvalue weighted by atomic mass is 10.3. The van der Waals surface area contributed by atoms with E-state index in [1.54, 1.807) is 21.9 Å². The van der Waals surface area contributed by atoms with Crippen LogP contribution in [0.1, 0.15) is 0 Å². The van der Waals surface area contributed by atoms with Crippen LogP contribution in [-0.2, 0) is 14.8 Å². The normalized spacial score (nSPS) is 19.0. The van der Waals surface area contributed by atoms with Crippen molar-refractivity contribution in [1.29, 1.82) is 0 Å². The van der Waals surface area contributed by atoms with E-state index >= 15 is 0 Å². The van der Waals surface area contributed by atoms with Gasteiger partial charge in [-0.05, 0) is 12.1 Å². The van der Waals surface area contributed by atoms with Gasteiger partial charge < -0.3 is 24.0 Å². The Kier molecular flexibility index (Phi) is 6.08. The second kappa shape index (κ2) is 8.32. The number of piperazine rings is 1. The molecule has 1 aromatic carbocycles.